The second kappa shape index (κ2) is 9.96. The van der Waals surface area contributed by atoms with Gasteiger partial charge < -0.3 is 9.80 Å². The van der Waals surface area contributed by atoms with E-state index in [1.807, 2.05) is 48.7 Å². The largest absolute Gasteiger partial charge is 0.302 e. The van der Waals surface area contributed by atoms with E-state index in [0.717, 1.165) is 72.8 Å². The fourth-order valence-electron chi connectivity index (χ4n) is 5.05. The van der Waals surface area contributed by atoms with Gasteiger partial charge in [-0.3, -0.25) is 0 Å². The summed E-state index contributed by atoms with van der Waals surface area (Å²) >= 11 is 0. The Hall–Kier alpha value is -3.57. The molecule has 0 amide bonds. The molecule has 3 aliphatic heterocycles. The molecule has 0 aromatic heterocycles. The van der Waals surface area contributed by atoms with E-state index in [-0.39, 0.29) is 11.6 Å². The highest BCUT2D eigenvalue weighted by atomic mass is 19.1. The van der Waals surface area contributed by atoms with E-state index in [4.69, 9.17) is 4.99 Å². The number of amidine groups is 1. The smallest absolute Gasteiger partial charge is 0.137 e. The normalized spacial score (nSPS) is 18.1. The molecule has 2 aromatic rings. The lowest BCUT2D eigenvalue weighted by Crippen LogP contribution is -2.34. The van der Waals surface area contributed by atoms with E-state index >= 15 is 0 Å². The number of benzene rings is 2. The average Bonchev–Trinajstić information content (AvgIpc) is 2.87. The van der Waals surface area contributed by atoms with Gasteiger partial charge in [0.05, 0.1) is 0 Å². The van der Waals surface area contributed by atoms with Crippen LogP contribution in [-0.4, -0.2) is 35.3 Å². The minimum absolute atomic E-state index is 0.256. The predicted octanol–water partition coefficient (Wildman–Crippen LogP) is 6.84. The first-order valence-corrected chi connectivity index (χ1v) is 12.1. The van der Waals surface area contributed by atoms with E-state index in [9.17, 15) is 8.78 Å². The van der Waals surface area contributed by atoms with Crippen molar-refractivity contribution in [3.63, 3.8) is 0 Å². The van der Waals surface area contributed by atoms with Crippen molar-refractivity contribution >= 4 is 11.4 Å². The molecule has 1 fully saturated rings. The van der Waals surface area contributed by atoms with Crippen LogP contribution in [0.4, 0.5) is 8.78 Å². The van der Waals surface area contributed by atoms with Crippen molar-refractivity contribution in [2.75, 3.05) is 19.6 Å². The summed E-state index contributed by atoms with van der Waals surface area (Å²) < 4.78 is 27.2. The van der Waals surface area contributed by atoms with Crippen LogP contribution in [0.5, 0.6) is 0 Å². The van der Waals surface area contributed by atoms with E-state index in [0.29, 0.717) is 0 Å². The van der Waals surface area contributed by atoms with Gasteiger partial charge in [0.2, 0.25) is 0 Å². The minimum atomic E-state index is -0.256. The van der Waals surface area contributed by atoms with Gasteiger partial charge in [-0.1, -0.05) is 42.5 Å². The number of aliphatic imine (C=N–C) groups is 1. The first kappa shape index (κ1) is 23.2. The molecule has 0 aliphatic carbocycles. The number of halogens is 2. The first-order valence-electron chi connectivity index (χ1n) is 12.1. The van der Waals surface area contributed by atoms with Crippen LogP contribution in [-0.2, 0) is 0 Å². The summed E-state index contributed by atoms with van der Waals surface area (Å²) in [6, 6.07) is 13.2. The summed E-state index contributed by atoms with van der Waals surface area (Å²) in [6.07, 6.45) is 10.8. The van der Waals surface area contributed by atoms with Crippen molar-refractivity contribution in [3.8, 4) is 0 Å². The SMILES string of the molecule is C=C1C(CCN2CCC(=C(c3ccc(F)cc3)c3ccc(F)cc3)CC2)=C(C)N=C2C=CC=CN12. The fourth-order valence-corrected chi connectivity index (χ4v) is 5.05. The third-order valence-corrected chi connectivity index (χ3v) is 6.95. The zero-order valence-electron chi connectivity index (χ0n) is 20.0. The molecule has 3 aliphatic rings. The Morgan fingerprint density at radius 2 is 1.51 bits per heavy atom. The molecule has 3 heterocycles. The van der Waals surface area contributed by atoms with Crippen molar-refractivity contribution in [3.05, 3.63) is 125 Å². The molecule has 0 saturated carbocycles. The Morgan fingerprint density at radius 3 is 2.11 bits per heavy atom. The molecule has 0 atom stereocenters. The monoisotopic (exact) mass is 469 g/mol. The van der Waals surface area contributed by atoms with Crippen LogP contribution in [0, 0.1) is 11.6 Å². The molecule has 5 heteroatoms. The lowest BCUT2D eigenvalue weighted by atomic mass is 9.88. The van der Waals surface area contributed by atoms with Crippen molar-refractivity contribution in [2.24, 2.45) is 4.99 Å². The molecule has 1 saturated heterocycles. The maximum Gasteiger partial charge on any atom is 0.137 e. The summed E-state index contributed by atoms with van der Waals surface area (Å²) in [5, 5.41) is 0. The number of likely N-dealkylation sites (tertiary alicyclic amines) is 1. The Bertz CT molecular complexity index is 1220. The van der Waals surface area contributed by atoms with Gasteiger partial charge in [-0.05, 0) is 84.9 Å². The van der Waals surface area contributed by atoms with Crippen molar-refractivity contribution in [2.45, 2.75) is 26.2 Å². The topological polar surface area (TPSA) is 18.8 Å². The summed E-state index contributed by atoms with van der Waals surface area (Å²) in [6.45, 7) is 9.23. The molecule has 35 heavy (non-hydrogen) atoms. The number of piperidine rings is 1. The number of hydrogen-bond donors (Lipinski definition) is 0. The summed E-state index contributed by atoms with van der Waals surface area (Å²) in [5.74, 6) is 0.405. The van der Waals surface area contributed by atoms with Gasteiger partial charge in [-0.25, -0.2) is 13.8 Å². The highest BCUT2D eigenvalue weighted by Crippen LogP contribution is 2.34. The summed E-state index contributed by atoms with van der Waals surface area (Å²) in [5.41, 5.74) is 7.60. The van der Waals surface area contributed by atoms with Gasteiger partial charge in [0.15, 0.2) is 0 Å². The molecule has 0 radical (unpaired) electrons. The van der Waals surface area contributed by atoms with Crippen LogP contribution in [0.25, 0.3) is 5.57 Å². The fraction of sp³-hybridized carbons (Fsp3) is 0.233. The highest BCUT2D eigenvalue weighted by Gasteiger charge is 2.24. The van der Waals surface area contributed by atoms with E-state index in [1.165, 1.54) is 35.4 Å². The number of allylic oxidation sites excluding steroid dienone is 4. The average molecular weight is 470 g/mol. The predicted molar refractivity (Wildman–Crippen MR) is 139 cm³/mol. The van der Waals surface area contributed by atoms with Crippen LogP contribution in [0.3, 0.4) is 0 Å². The van der Waals surface area contributed by atoms with Crippen LogP contribution in [0.1, 0.15) is 37.3 Å². The Balaban J connectivity index is 1.31. The Kier molecular flexibility index (Phi) is 6.60. The van der Waals surface area contributed by atoms with Gasteiger partial charge in [-0.2, -0.15) is 0 Å². The molecule has 0 bridgehead atoms. The molecule has 3 nitrogen and oxygen atoms in total. The van der Waals surface area contributed by atoms with Crippen LogP contribution in [0.15, 0.2) is 107 Å². The molecule has 2 aromatic carbocycles. The molecule has 178 valence electrons. The quantitative estimate of drug-likeness (QED) is 0.478. The molecule has 5 rings (SSSR count). The van der Waals surface area contributed by atoms with Crippen LogP contribution < -0.4 is 0 Å². The van der Waals surface area contributed by atoms with Gasteiger partial charge in [-0.15, -0.1) is 0 Å². The molecule has 0 spiro atoms. The van der Waals surface area contributed by atoms with Crippen molar-refractivity contribution in [1.82, 2.24) is 9.80 Å². The summed E-state index contributed by atoms with van der Waals surface area (Å²) in [7, 11) is 0. The first-order chi connectivity index (χ1) is 17.0. The second-order valence-electron chi connectivity index (χ2n) is 9.14. The van der Waals surface area contributed by atoms with Crippen molar-refractivity contribution in [1.29, 1.82) is 0 Å². The maximum atomic E-state index is 13.6. The van der Waals surface area contributed by atoms with E-state index in [2.05, 4.69) is 23.3 Å². The van der Waals surface area contributed by atoms with Gasteiger partial charge in [0.25, 0.3) is 0 Å². The highest BCUT2D eigenvalue weighted by molar-refractivity contribution is 5.98. The maximum absolute atomic E-state index is 13.6. The third-order valence-electron chi connectivity index (χ3n) is 6.95. The number of hydrogen-bond acceptors (Lipinski definition) is 3. The number of nitrogens with zero attached hydrogens (tertiary/aromatic N) is 3. The summed E-state index contributed by atoms with van der Waals surface area (Å²) in [4.78, 5) is 9.29. The molecule has 0 N–H and O–H groups in total. The number of rotatable bonds is 5. The van der Waals surface area contributed by atoms with Crippen LogP contribution in [0.2, 0.25) is 0 Å². The van der Waals surface area contributed by atoms with Crippen molar-refractivity contribution < 1.29 is 8.78 Å². The van der Waals surface area contributed by atoms with Crippen LogP contribution >= 0.6 is 0 Å². The molecule has 0 unspecified atom stereocenters. The lowest BCUT2D eigenvalue weighted by Gasteiger charge is -2.33. The van der Waals surface area contributed by atoms with E-state index < -0.39 is 0 Å². The standard InChI is InChI=1S/C30H29F2N3/c1-21-28(22(2)35-17-4-3-5-29(35)33-21)16-20-34-18-14-25(15-19-34)30(23-6-10-26(31)11-7-23)24-8-12-27(32)13-9-24/h3-13,17H,2,14-16,18-20H2,1H3. The lowest BCUT2D eigenvalue weighted by molar-refractivity contribution is 0.259. The Morgan fingerprint density at radius 1 is 0.914 bits per heavy atom. The zero-order chi connectivity index (χ0) is 24.4. The molecular weight excluding hydrogens is 440 g/mol. The van der Waals surface area contributed by atoms with Gasteiger partial charge in [0, 0.05) is 37.2 Å². The van der Waals surface area contributed by atoms with Gasteiger partial charge >= 0.3 is 0 Å². The number of fused-ring (bicyclic) bond motifs is 1. The van der Waals surface area contributed by atoms with E-state index in [1.54, 1.807) is 0 Å². The zero-order valence-corrected chi connectivity index (χ0v) is 20.0. The second-order valence-corrected chi connectivity index (χ2v) is 9.14. The third kappa shape index (κ3) is 4.96. The Labute approximate surface area is 205 Å². The van der Waals surface area contributed by atoms with Gasteiger partial charge in [0.1, 0.15) is 17.5 Å². The molecular formula is C30H29F2N3. The minimum Gasteiger partial charge on any atom is -0.302 e.